The fraction of sp³-hybridized carbons (Fsp3) is 0.108. The second-order valence-corrected chi connectivity index (χ2v) is 26.1. The lowest BCUT2D eigenvalue weighted by molar-refractivity contribution is -0.365. The minimum atomic E-state index is -6.97. The van der Waals surface area contributed by atoms with Crippen molar-refractivity contribution in [2.24, 2.45) is 0 Å². The van der Waals surface area contributed by atoms with Gasteiger partial charge in [-0.3, -0.25) is 0 Å². The molecule has 4 atom stereocenters. The normalized spacial score (nSPS) is 18.2. The summed E-state index contributed by atoms with van der Waals surface area (Å²) in [5.41, 5.74) is -21.2. The first-order valence-electron chi connectivity index (χ1n) is 25.9. The SMILES string of the molecule is C[Si](C)(C)C1C(F)=C(F)C(B([O-])[O-])(c2c(F)c(F)c(F)c(F)c2F)C(F)(c2c(F)c(F)c(F)c(F)c2F)C1(F)c1c(F)c(F)c(F)c(F)c1F.c1ccc([C+](c2ccccc2)c2ccccc2)cc1.c1ccc([C+](c2ccccc2)c2ccccc2)cc1. The number of hydrogen-bond acceptors (Lipinski definition) is 2. The molecule has 23 heteroatoms. The average molecular weight is 1250 g/mol. The molecule has 88 heavy (non-hydrogen) atoms. The highest BCUT2D eigenvalue weighted by Crippen LogP contribution is 2.73. The van der Waals surface area contributed by atoms with Gasteiger partial charge in [0.1, 0.15) is 11.7 Å². The Labute approximate surface area is 491 Å². The van der Waals surface area contributed by atoms with Crippen LogP contribution in [0.25, 0.3) is 0 Å². The van der Waals surface area contributed by atoms with E-state index in [9.17, 15) is 49.6 Å². The fourth-order valence-corrected chi connectivity index (χ4v) is 13.3. The maximum atomic E-state index is 18.5. The summed E-state index contributed by atoms with van der Waals surface area (Å²) >= 11 is 0. The first-order chi connectivity index (χ1) is 41.6. The van der Waals surface area contributed by atoms with E-state index in [2.05, 4.69) is 182 Å². The van der Waals surface area contributed by atoms with E-state index in [0.29, 0.717) is 19.6 Å². The van der Waals surface area contributed by atoms with Crippen LogP contribution in [0.2, 0.25) is 25.2 Å². The molecule has 0 N–H and O–H groups in total. The Bertz CT molecular complexity index is 3630. The Morgan fingerprint density at radius 3 is 0.739 bits per heavy atom. The molecule has 0 aromatic heterocycles. The molecule has 0 bridgehead atoms. The Hall–Kier alpha value is -8.67. The maximum Gasteiger partial charge on any atom is 0.200 e. The molecule has 1 aliphatic carbocycles. The molecule has 2 nitrogen and oxygen atoms in total. The second-order valence-electron chi connectivity index (χ2n) is 20.8. The van der Waals surface area contributed by atoms with E-state index >= 15 is 43.9 Å². The van der Waals surface area contributed by atoms with Gasteiger partial charge in [0.05, 0.1) is 64.4 Å². The topological polar surface area (TPSA) is 46.1 Å². The standard InChI is InChI=1S/C27H10BF19O2Si.2C19H15/c1-50(2,3)24-22(44)23(45)25(28(48)49,4-7(29)13(35)19(41)14(36)8(4)30)27(47,6-11(33)17(39)21(43)18(40)12(6)34)26(24,46)5-9(31)15(37)20(42)16(38)10(5)32;2*1-4-10-16(11-5-1)19(17-12-6-2-7-13-17)18-14-8-3-9-15-18/h24H,1-3H3;2*1-15H/q-2;2*+1. The summed E-state index contributed by atoms with van der Waals surface area (Å²) in [6.45, 7) is 1.42. The van der Waals surface area contributed by atoms with Gasteiger partial charge in [0.2, 0.25) is 17.5 Å². The fourth-order valence-electron chi connectivity index (χ4n) is 10.9. The highest BCUT2D eigenvalue weighted by molar-refractivity contribution is 6.78. The van der Waals surface area contributed by atoms with Crippen LogP contribution in [0.5, 0.6) is 0 Å². The predicted molar refractivity (Wildman–Crippen MR) is 288 cm³/mol. The first kappa shape index (κ1) is 65.3. The van der Waals surface area contributed by atoms with Gasteiger partial charge in [0.25, 0.3) is 0 Å². The van der Waals surface area contributed by atoms with Gasteiger partial charge in [0.15, 0.2) is 81.1 Å². The molecule has 1 aliphatic rings. The monoisotopic (exact) mass is 1250 g/mol. The zero-order valence-corrected chi connectivity index (χ0v) is 46.5. The molecular weight excluding hydrogens is 1210 g/mol. The molecule has 0 spiro atoms. The van der Waals surface area contributed by atoms with Crippen molar-refractivity contribution in [1.82, 2.24) is 0 Å². The van der Waals surface area contributed by atoms with Crippen molar-refractivity contribution in [2.75, 3.05) is 0 Å². The Kier molecular flexibility index (Phi) is 19.0. The van der Waals surface area contributed by atoms with Crippen LogP contribution in [0.3, 0.4) is 0 Å². The number of rotatable bonds is 11. The number of alkyl halides is 2. The summed E-state index contributed by atoms with van der Waals surface area (Å²) in [4.78, 5) is 0. The minimum absolute atomic E-state index is 0.473. The van der Waals surface area contributed by atoms with Gasteiger partial charge >= 0.3 is 0 Å². The molecule has 0 radical (unpaired) electrons. The third kappa shape index (κ3) is 10.9. The molecule has 0 saturated carbocycles. The molecule has 0 amide bonds. The average Bonchev–Trinajstić information content (AvgIpc) is 0.652. The van der Waals surface area contributed by atoms with Crippen molar-refractivity contribution in [3.05, 3.63) is 343 Å². The quantitative estimate of drug-likeness (QED) is 0.0324. The summed E-state index contributed by atoms with van der Waals surface area (Å²) in [5.74, 6) is -58.6. The third-order valence-corrected chi connectivity index (χ3v) is 17.0. The zero-order chi connectivity index (χ0) is 64.5. The summed E-state index contributed by atoms with van der Waals surface area (Å²) in [6.07, 6.45) is 0. The van der Waals surface area contributed by atoms with Crippen LogP contribution >= 0.6 is 0 Å². The molecule has 9 aromatic carbocycles. The molecular formula is C65H40BF19O2Si. The van der Waals surface area contributed by atoms with Gasteiger partial charge in [-0.15, -0.1) is 0 Å². The molecule has 452 valence electrons. The molecule has 0 fully saturated rings. The van der Waals surface area contributed by atoms with Crippen LogP contribution in [0, 0.1) is 99.1 Å². The van der Waals surface area contributed by atoms with E-state index in [1.807, 2.05) is 0 Å². The van der Waals surface area contributed by atoms with Gasteiger partial charge in [-0.25, -0.2) is 83.4 Å². The summed E-state index contributed by atoms with van der Waals surface area (Å²) in [5, 5.41) is 19.3. The largest absolute Gasteiger partial charge is 0.892 e. The van der Waals surface area contributed by atoms with Gasteiger partial charge in [-0.2, -0.15) is 0 Å². The predicted octanol–water partition coefficient (Wildman–Crippen LogP) is 16.8. The Morgan fingerprint density at radius 1 is 0.318 bits per heavy atom. The molecule has 4 unspecified atom stereocenters. The van der Waals surface area contributed by atoms with Crippen molar-refractivity contribution in [3.8, 4) is 0 Å². The number of benzene rings is 9. The van der Waals surface area contributed by atoms with Gasteiger partial charge in [0, 0.05) is 16.4 Å². The lowest BCUT2D eigenvalue weighted by atomic mass is 9.39. The molecule has 10 rings (SSSR count). The molecule has 0 heterocycles. The van der Waals surface area contributed by atoms with Gasteiger partial charge in [-0.05, 0) is 146 Å². The van der Waals surface area contributed by atoms with Gasteiger partial charge in [-0.1, -0.05) is 63.2 Å². The van der Waals surface area contributed by atoms with Crippen LogP contribution in [-0.2, 0) is 16.7 Å². The van der Waals surface area contributed by atoms with Crippen molar-refractivity contribution in [3.63, 3.8) is 0 Å². The van der Waals surface area contributed by atoms with Crippen LogP contribution < -0.4 is 10.0 Å². The number of allylic oxidation sites excluding steroid dienone is 2. The number of hydrogen-bond donors (Lipinski definition) is 0. The lowest BCUT2D eigenvalue weighted by Gasteiger charge is -2.64. The van der Waals surface area contributed by atoms with Crippen LogP contribution in [0.1, 0.15) is 50.1 Å². The highest BCUT2D eigenvalue weighted by Gasteiger charge is 2.80. The zero-order valence-electron chi connectivity index (χ0n) is 45.5. The van der Waals surface area contributed by atoms with E-state index in [-0.39, 0.29) is 0 Å². The second kappa shape index (κ2) is 25.6. The van der Waals surface area contributed by atoms with E-state index in [1.54, 1.807) is 0 Å². The minimum Gasteiger partial charge on any atom is -0.892 e. The Morgan fingerprint density at radius 2 is 0.523 bits per heavy atom. The lowest BCUT2D eigenvalue weighted by Crippen LogP contribution is -2.77. The van der Waals surface area contributed by atoms with Crippen molar-refractivity contribution < 1.29 is 93.5 Å². The van der Waals surface area contributed by atoms with E-state index < -0.39 is 153 Å². The van der Waals surface area contributed by atoms with Crippen LogP contribution in [0.15, 0.2) is 194 Å². The maximum absolute atomic E-state index is 18.5. The van der Waals surface area contributed by atoms with Crippen molar-refractivity contribution >= 4 is 15.2 Å². The summed E-state index contributed by atoms with van der Waals surface area (Å²) in [6, 6.07) is 63.3. The number of halogens is 19. The van der Waals surface area contributed by atoms with Crippen molar-refractivity contribution in [2.45, 2.75) is 41.8 Å². The molecule has 9 aromatic rings. The smallest absolute Gasteiger partial charge is 0.200 e. The van der Waals surface area contributed by atoms with E-state index in [4.69, 9.17) is 0 Å². The first-order valence-corrected chi connectivity index (χ1v) is 29.5. The van der Waals surface area contributed by atoms with Crippen LogP contribution in [0.4, 0.5) is 83.4 Å². The van der Waals surface area contributed by atoms with Gasteiger partial charge < -0.3 is 10.0 Å². The van der Waals surface area contributed by atoms with E-state index in [1.165, 1.54) is 45.2 Å². The third-order valence-electron chi connectivity index (χ3n) is 14.6. The summed E-state index contributed by atoms with van der Waals surface area (Å²) < 4.78 is 292. The molecule has 0 aliphatic heterocycles. The highest BCUT2D eigenvalue weighted by atomic mass is 28.3. The molecule has 0 saturated heterocycles. The van der Waals surface area contributed by atoms with Crippen molar-refractivity contribution in [1.29, 1.82) is 0 Å². The van der Waals surface area contributed by atoms with E-state index in [0.717, 1.165) is 0 Å². The summed E-state index contributed by atoms with van der Waals surface area (Å²) in [7, 11) is -10.4. The Balaban J connectivity index is 0.000000211. The van der Waals surface area contributed by atoms with Crippen LogP contribution in [-0.4, -0.2) is 15.2 Å².